The first-order valence-corrected chi connectivity index (χ1v) is 9.03. The molecule has 3 nitrogen and oxygen atoms in total. The lowest BCUT2D eigenvalue weighted by atomic mass is 10.1. The molecule has 1 N–H and O–H groups in total. The number of methoxy groups -OCH3 is 1. The van der Waals surface area contributed by atoms with E-state index in [4.69, 9.17) is 4.74 Å². The van der Waals surface area contributed by atoms with Gasteiger partial charge in [0.05, 0.1) is 7.11 Å². The lowest BCUT2D eigenvalue weighted by molar-refractivity contribution is 0.409. The Kier molecular flexibility index (Phi) is 6.13. The van der Waals surface area contributed by atoms with E-state index in [1.165, 1.54) is 49.2 Å². The maximum atomic E-state index is 5.40. The highest BCUT2D eigenvalue weighted by atomic mass is 16.5. The summed E-state index contributed by atoms with van der Waals surface area (Å²) >= 11 is 0. The molecular weight excluding hydrogens is 296 g/mol. The Morgan fingerprint density at radius 1 is 0.958 bits per heavy atom. The molecule has 0 radical (unpaired) electrons. The summed E-state index contributed by atoms with van der Waals surface area (Å²) in [5.74, 6) is 0.977. The van der Waals surface area contributed by atoms with Crippen LogP contribution >= 0.6 is 0 Å². The van der Waals surface area contributed by atoms with Crippen molar-refractivity contribution in [1.29, 1.82) is 0 Å². The predicted octanol–water partition coefficient (Wildman–Crippen LogP) is 4.02. The standard InChI is InChI=1S/C21H28N2O/c1-24-21-8-4-3-7-19(21)13-14-22-17-18-9-11-20(12-10-18)23-15-5-2-6-16-23/h3-4,7-12,22H,2,5-6,13-17H2,1H3. The third kappa shape index (κ3) is 4.51. The average molecular weight is 324 g/mol. The van der Waals surface area contributed by atoms with E-state index in [2.05, 4.69) is 46.6 Å². The minimum absolute atomic E-state index is 0.912. The average Bonchev–Trinajstić information content (AvgIpc) is 2.67. The fourth-order valence-electron chi connectivity index (χ4n) is 3.34. The van der Waals surface area contributed by atoms with Crippen molar-refractivity contribution in [2.45, 2.75) is 32.2 Å². The first kappa shape index (κ1) is 16.8. The van der Waals surface area contributed by atoms with Gasteiger partial charge >= 0.3 is 0 Å². The number of ether oxygens (including phenoxy) is 1. The molecule has 0 bridgehead atoms. The summed E-state index contributed by atoms with van der Waals surface area (Å²) in [6.45, 7) is 4.27. The van der Waals surface area contributed by atoms with Crippen LogP contribution in [0.3, 0.4) is 0 Å². The zero-order valence-corrected chi connectivity index (χ0v) is 14.6. The zero-order chi connectivity index (χ0) is 16.6. The molecular formula is C21H28N2O. The molecule has 3 heteroatoms. The quantitative estimate of drug-likeness (QED) is 0.779. The van der Waals surface area contributed by atoms with Crippen molar-refractivity contribution in [2.75, 3.05) is 31.6 Å². The highest BCUT2D eigenvalue weighted by Gasteiger charge is 2.10. The van der Waals surface area contributed by atoms with Crippen LogP contribution in [0.5, 0.6) is 5.75 Å². The first-order valence-electron chi connectivity index (χ1n) is 9.03. The van der Waals surface area contributed by atoms with Crippen LogP contribution in [0, 0.1) is 0 Å². The van der Waals surface area contributed by atoms with Crippen LogP contribution in [0.2, 0.25) is 0 Å². The van der Waals surface area contributed by atoms with Gasteiger partial charge < -0.3 is 15.0 Å². The summed E-state index contributed by atoms with van der Waals surface area (Å²) in [5.41, 5.74) is 3.97. The molecule has 1 aliphatic rings. The zero-order valence-electron chi connectivity index (χ0n) is 14.6. The summed E-state index contributed by atoms with van der Waals surface area (Å²) in [4.78, 5) is 2.50. The topological polar surface area (TPSA) is 24.5 Å². The van der Waals surface area contributed by atoms with Crippen molar-refractivity contribution in [3.63, 3.8) is 0 Å². The summed E-state index contributed by atoms with van der Waals surface area (Å²) in [5, 5.41) is 3.53. The van der Waals surface area contributed by atoms with Crippen LogP contribution in [0.15, 0.2) is 48.5 Å². The molecule has 1 fully saturated rings. The third-order valence-corrected chi connectivity index (χ3v) is 4.75. The van der Waals surface area contributed by atoms with Gasteiger partial charge in [0.15, 0.2) is 0 Å². The molecule has 3 rings (SSSR count). The summed E-state index contributed by atoms with van der Waals surface area (Å²) in [6.07, 6.45) is 5.01. The van der Waals surface area contributed by atoms with Gasteiger partial charge in [0.25, 0.3) is 0 Å². The summed E-state index contributed by atoms with van der Waals surface area (Å²) < 4.78 is 5.40. The van der Waals surface area contributed by atoms with Crippen LogP contribution < -0.4 is 15.0 Å². The molecule has 0 saturated carbocycles. The number of anilines is 1. The van der Waals surface area contributed by atoms with Crippen LogP contribution in [0.1, 0.15) is 30.4 Å². The molecule has 1 saturated heterocycles. The summed E-state index contributed by atoms with van der Waals surface area (Å²) in [7, 11) is 1.73. The molecule has 0 unspecified atom stereocenters. The molecule has 1 aliphatic heterocycles. The van der Waals surface area contributed by atoms with Gasteiger partial charge in [0.1, 0.15) is 5.75 Å². The van der Waals surface area contributed by atoms with Crippen LogP contribution in [-0.2, 0) is 13.0 Å². The maximum Gasteiger partial charge on any atom is 0.122 e. The number of benzene rings is 2. The SMILES string of the molecule is COc1ccccc1CCNCc1ccc(N2CCCCC2)cc1. The van der Waals surface area contributed by atoms with Crippen LogP contribution in [-0.4, -0.2) is 26.7 Å². The second-order valence-electron chi connectivity index (χ2n) is 6.45. The molecule has 0 spiro atoms. The van der Waals surface area contributed by atoms with Gasteiger partial charge in [-0.15, -0.1) is 0 Å². The van der Waals surface area contributed by atoms with E-state index in [-0.39, 0.29) is 0 Å². The van der Waals surface area contributed by atoms with Gasteiger partial charge in [-0.1, -0.05) is 30.3 Å². The van der Waals surface area contributed by atoms with Crippen molar-refractivity contribution < 1.29 is 4.74 Å². The fraction of sp³-hybridized carbons (Fsp3) is 0.429. The smallest absolute Gasteiger partial charge is 0.122 e. The highest BCUT2D eigenvalue weighted by molar-refractivity contribution is 5.47. The molecule has 0 aliphatic carbocycles. The Morgan fingerprint density at radius 3 is 2.46 bits per heavy atom. The number of hydrogen-bond donors (Lipinski definition) is 1. The number of para-hydroxylation sites is 1. The fourth-order valence-corrected chi connectivity index (χ4v) is 3.34. The first-order chi connectivity index (χ1) is 11.9. The van der Waals surface area contributed by atoms with Gasteiger partial charge in [-0.2, -0.15) is 0 Å². The van der Waals surface area contributed by atoms with E-state index in [1.807, 2.05) is 12.1 Å². The minimum atomic E-state index is 0.912. The highest BCUT2D eigenvalue weighted by Crippen LogP contribution is 2.20. The Labute approximate surface area is 145 Å². The Balaban J connectivity index is 1.45. The van der Waals surface area contributed by atoms with Gasteiger partial charge in [0, 0.05) is 25.3 Å². The molecule has 0 aromatic heterocycles. The van der Waals surface area contributed by atoms with Crippen molar-refractivity contribution in [3.05, 3.63) is 59.7 Å². The minimum Gasteiger partial charge on any atom is -0.496 e. The van der Waals surface area contributed by atoms with E-state index >= 15 is 0 Å². The van der Waals surface area contributed by atoms with E-state index in [0.717, 1.165) is 25.3 Å². The Morgan fingerprint density at radius 2 is 1.71 bits per heavy atom. The second-order valence-corrected chi connectivity index (χ2v) is 6.45. The molecule has 128 valence electrons. The number of nitrogens with one attached hydrogen (secondary N) is 1. The maximum absolute atomic E-state index is 5.40. The number of nitrogens with zero attached hydrogens (tertiary/aromatic N) is 1. The normalized spacial score (nSPS) is 14.6. The number of hydrogen-bond acceptors (Lipinski definition) is 3. The third-order valence-electron chi connectivity index (χ3n) is 4.75. The lowest BCUT2D eigenvalue weighted by Crippen LogP contribution is -2.29. The van der Waals surface area contributed by atoms with Crippen LogP contribution in [0.4, 0.5) is 5.69 Å². The Hall–Kier alpha value is -2.00. The van der Waals surface area contributed by atoms with Crippen molar-refractivity contribution >= 4 is 5.69 Å². The molecule has 1 heterocycles. The van der Waals surface area contributed by atoms with Crippen molar-refractivity contribution in [2.24, 2.45) is 0 Å². The van der Waals surface area contributed by atoms with Crippen molar-refractivity contribution in [1.82, 2.24) is 5.32 Å². The number of rotatable bonds is 7. The van der Waals surface area contributed by atoms with E-state index < -0.39 is 0 Å². The molecule has 0 atom stereocenters. The van der Waals surface area contributed by atoms with Gasteiger partial charge in [0.2, 0.25) is 0 Å². The predicted molar refractivity (Wildman–Crippen MR) is 101 cm³/mol. The monoisotopic (exact) mass is 324 g/mol. The van der Waals surface area contributed by atoms with E-state index in [9.17, 15) is 0 Å². The van der Waals surface area contributed by atoms with E-state index in [0.29, 0.717) is 0 Å². The van der Waals surface area contributed by atoms with Gasteiger partial charge in [-0.3, -0.25) is 0 Å². The lowest BCUT2D eigenvalue weighted by Gasteiger charge is -2.28. The molecule has 0 amide bonds. The van der Waals surface area contributed by atoms with Crippen molar-refractivity contribution in [3.8, 4) is 5.75 Å². The van der Waals surface area contributed by atoms with Crippen LogP contribution in [0.25, 0.3) is 0 Å². The molecule has 2 aromatic rings. The Bertz CT molecular complexity index is 618. The number of piperidine rings is 1. The van der Waals surface area contributed by atoms with E-state index in [1.54, 1.807) is 7.11 Å². The van der Waals surface area contributed by atoms with Gasteiger partial charge in [-0.05, 0) is 61.6 Å². The largest absolute Gasteiger partial charge is 0.496 e. The molecule has 24 heavy (non-hydrogen) atoms. The second kappa shape index (κ2) is 8.74. The van der Waals surface area contributed by atoms with Gasteiger partial charge in [-0.25, -0.2) is 0 Å². The molecule has 2 aromatic carbocycles. The summed E-state index contributed by atoms with van der Waals surface area (Å²) in [6, 6.07) is 17.3.